The van der Waals surface area contributed by atoms with Gasteiger partial charge in [0, 0.05) is 17.8 Å². The number of aliphatic hydroxyl groups excluding tert-OH is 1. The van der Waals surface area contributed by atoms with E-state index >= 15 is 0 Å². The third-order valence-corrected chi connectivity index (χ3v) is 5.83. The zero-order valence-corrected chi connectivity index (χ0v) is 20.0. The van der Waals surface area contributed by atoms with Crippen LogP contribution >= 0.6 is 11.8 Å². The number of thioether (sulfide) groups is 1. The van der Waals surface area contributed by atoms with E-state index in [1.807, 2.05) is 0 Å². The fourth-order valence-electron chi connectivity index (χ4n) is 3.58. The molecule has 0 aromatic heterocycles. The van der Waals surface area contributed by atoms with Gasteiger partial charge in [-0.2, -0.15) is 0 Å². The quantitative estimate of drug-likeness (QED) is 0.162. The third kappa shape index (κ3) is 5.75. The number of nitrogens with zero attached hydrogens (tertiary/aromatic N) is 1. The van der Waals surface area contributed by atoms with Crippen molar-refractivity contribution in [3.8, 4) is 0 Å². The number of methoxy groups -OCH3 is 1. The first-order valence-electron chi connectivity index (χ1n) is 10.3. The molecule has 1 aromatic carbocycles. The van der Waals surface area contributed by atoms with Crippen LogP contribution < -0.4 is 5.32 Å². The van der Waals surface area contributed by atoms with Gasteiger partial charge in [-0.1, -0.05) is 12.1 Å². The van der Waals surface area contributed by atoms with Gasteiger partial charge in [0.15, 0.2) is 0 Å². The van der Waals surface area contributed by atoms with Gasteiger partial charge in [-0.25, -0.2) is 9.59 Å². The average Bonchev–Trinajstić information content (AvgIpc) is 2.81. The molecule has 2 N–H and O–H groups in total. The van der Waals surface area contributed by atoms with Crippen molar-refractivity contribution in [2.24, 2.45) is 0 Å². The van der Waals surface area contributed by atoms with E-state index in [9.17, 15) is 29.6 Å². The largest absolute Gasteiger partial charge is 0.468 e. The van der Waals surface area contributed by atoms with Crippen LogP contribution in [-0.4, -0.2) is 59.5 Å². The Balaban J connectivity index is 2.90. The number of ether oxygens (including phenoxy) is 3. The van der Waals surface area contributed by atoms with Crippen LogP contribution in [-0.2, 0) is 28.6 Å². The Bertz CT molecular complexity index is 1030. The van der Waals surface area contributed by atoms with Crippen LogP contribution in [0.1, 0.15) is 32.3 Å². The first-order chi connectivity index (χ1) is 16.2. The molecule has 0 spiro atoms. The summed E-state index contributed by atoms with van der Waals surface area (Å²) in [4.78, 5) is 49.6. The molecule has 0 fully saturated rings. The highest BCUT2D eigenvalue weighted by Crippen LogP contribution is 2.42. The monoisotopic (exact) mass is 494 g/mol. The molecule has 0 saturated carbocycles. The molecule has 2 atom stereocenters. The molecule has 1 aliphatic heterocycles. The molecule has 34 heavy (non-hydrogen) atoms. The molecule has 184 valence electrons. The van der Waals surface area contributed by atoms with Crippen LogP contribution in [0.15, 0.2) is 46.8 Å². The number of esters is 3. The summed E-state index contributed by atoms with van der Waals surface area (Å²) in [6, 6.07) is 5.47. The normalized spacial score (nSPS) is 16.4. The van der Waals surface area contributed by atoms with Gasteiger partial charge in [-0.05, 0) is 26.3 Å². The number of rotatable bonds is 10. The lowest BCUT2D eigenvalue weighted by Crippen LogP contribution is -2.39. The van der Waals surface area contributed by atoms with E-state index in [2.05, 4.69) is 5.32 Å². The van der Waals surface area contributed by atoms with Crippen LogP contribution in [0.25, 0.3) is 0 Å². The van der Waals surface area contributed by atoms with Crippen molar-refractivity contribution < 1.29 is 38.6 Å². The molecular formula is C22H26N2O9S. The summed E-state index contributed by atoms with van der Waals surface area (Å²) in [6.45, 7) is 4.80. The molecule has 1 aromatic rings. The highest BCUT2D eigenvalue weighted by molar-refractivity contribution is 8.00. The number of hydrogen-bond acceptors (Lipinski definition) is 11. The smallest absolute Gasteiger partial charge is 0.336 e. The molecule has 2 unspecified atom stereocenters. The molecule has 1 heterocycles. The molecule has 1 aliphatic rings. The standard InChI is InChI=1S/C22H26N2O9S/c1-5-32-20(26)15-12(3)23-18(19(34-11-25)22(28)31-4)17(21(27)33-6-2)16(15)13-8-7-9-14(10-13)24(29)30/h7-10,16,19,23,25H,5-6,11H2,1-4H3. The number of dihydropyridines is 1. The first-order valence-corrected chi connectivity index (χ1v) is 11.4. The van der Waals surface area contributed by atoms with E-state index in [1.54, 1.807) is 20.8 Å². The zero-order valence-electron chi connectivity index (χ0n) is 19.2. The van der Waals surface area contributed by atoms with E-state index in [0.717, 1.165) is 18.9 Å². The van der Waals surface area contributed by atoms with Gasteiger partial charge in [0.25, 0.3) is 5.69 Å². The van der Waals surface area contributed by atoms with Gasteiger partial charge in [-0.3, -0.25) is 14.9 Å². The van der Waals surface area contributed by atoms with Crippen LogP contribution in [0.5, 0.6) is 0 Å². The third-order valence-electron chi connectivity index (χ3n) is 4.92. The minimum absolute atomic E-state index is 0.00919. The predicted octanol–water partition coefficient (Wildman–Crippen LogP) is 2.16. The Morgan fingerprint density at radius 2 is 1.79 bits per heavy atom. The summed E-state index contributed by atoms with van der Waals surface area (Å²) in [7, 11) is 1.16. The molecule has 0 radical (unpaired) electrons. The van der Waals surface area contributed by atoms with Crippen molar-refractivity contribution in [3.05, 3.63) is 62.5 Å². The van der Waals surface area contributed by atoms with E-state index < -0.39 is 39.9 Å². The molecule has 0 aliphatic carbocycles. The number of aliphatic hydroxyl groups is 1. The topological polar surface area (TPSA) is 154 Å². The summed E-state index contributed by atoms with van der Waals surface area (Å²) in [5, 5.41) is 22.7. The lowest BCUT2D eigenvalue weighted by molar-refractivity contribution is -0.384. The van der Waals surface area contributed by atoms with Crippen molar-refractivity contribution in [3.63, 3.8) is 0 Å². The Morgan fingerprint density at radius 3 is 2.32 bits per heavy atom. The van der Waals surface area contributed by atoms with Crippen molar-refractivity contribution in [1.82, 2.24) is 5.32 Å². The summed E-state index contributed by atoms with van der Waals surface area (Å²) in [6.07, 6.45) is 0. The lowest BCUT2D eigenvalue weighted by atomic mass is 9.79. The maximum atomic E-state index is 13.2. The van der Waals surface area contributed by atoms with Crippen molar-refractivity contribution in [2.75, 3.05) is 26.3 Å². The first kappa shape index (κ1) is 26.9. The van der Waals surface area contributed by atoms with Gasteiger partial charge in [-0.15, -0.1) is 11.8 Å². The van der Waals surface area contributed by atoms with Crippen LogP contribution in [0, 0.1) is 10.1 Å². The van der Waals surface area contributed by atoms with E-state index in [4.69, 9.17) is 14.2 Å². The fraction of sp³-hybridized carbons (Fsp3) is 0.409. The van der Waals surface area contributed by atoms with Gasteiger partial charge in [0.05, 0.1) is 53.9 Å². The van der Waals surface area contributed by atoms with Gasteiger partial charge in [0.1, 0.15) is 5.25 Å². The van der Waals surface area contributed by atoms with Crippen molar-refractivity contribution >= 4 is 35.4 Å². The van der Waals surface area contributed by atoms with Gasteiger partial charge >= 0.3 is 17.9 Å². The second-order valence-corrected chi connectivity index (χ2v) is 7.98. The number of allylic oxidation sites excluding steroid dienone is 1. The zero-order chi connectivity index (χ0) is 25.4. The number of carbonyl (C=O) groups is 3. The number of benzene rings is 1. The second-order valence-electron chi connectivity index (χ2n) is 6.92. The van der Waals surface area contributed by atoms with Crippen molar-refractivity contribution in [1.29, 1.82) is 0 Å². The summed E-state index contributed by atoms with van der Waals surface area (Å²) in [5.74, 6) is -3.97. The maximum absolute atomic E-state index is 13.2. The SMILES string of the molecule is CCOC(=O)C1=C(C)NC(C(SCO)C(=O)OC)=C(C(=O)OCC)C1c1cccc([N+](=O)[O-])c1. The number of nitrogens with one attached hydrogen (secondary N) is 1. The summed E-state index contributed by atoms with van der Waals surface area (Å²) >= 11 is 0.788. The fourth-order valence-corrected chi connectivity index (χ4v) is 4.31. The minimum atomic E-state index is -1.17. The van der Waals surface area contributed by atoms with E-state index in [1.165, 1.54) is 24.3 Å². The molecule has 0 amide bonds. The van der Waals surface area contributed by atoms with Gasteiger partial charge < -0.3 is 24.6 Å². The molecule has 12 heteroatoms. The predicted molar refractivity (Wildman–Crippen MR) is 122 cm³/mol. The highest BCUT2D eigenvalue weighted by Gasteiger charge is 2.43. The Morgan fingerprint density at radius 1 is 1.18 bits per heavy atom. The van der Waals surface area contributed by atoms with E-state index in [-0.39, 0.29) is 47.0 Å². The van der Waals surface area contributed by atoms with E-state index in [0.29, 0.717) is 0 Å². The van der Waals surface area contributed by atoms with Crippen LogP contribution in [0.2, 0.25) is 0 Å². The molecule has 11 nitrogen and oxygen atoms in total. The number of nitro groups is 1. The molecule has 0 saturated heterocycles. The number of carbonyl (C=O) groups excluding carboxylic acids is 3. The molecular weight excluding hydrogens is 468 g/mol. The van der Waals surface area contributed by atoms with Crippen LogP contribution in [0.3, 0.4) is 0 Å². The molecule has 0 bridgehead atoms. The van der Waals surface area contributed by atoms with Crippen molar-refractivity contribution in [2.45, 2.75) is 31.9 Å². The lowest BCUT2D eigenvalue weighted by Gasteiger charge is -2.33. The Hall–Kier alpha value is -3.38. The van der Waals surface area contributed by atoms with Crippen LogP contribution in [0.4, 0.5) is 5.69 Å². The Kier molecular flexibility index (Phi) is 9.63. The number of non-ortho nitro benzene ring substituents is 1. The molecule has 2 rings (SSSR count). The average molecular weight is 495 g/mol. The summed E-state index contributed by atoms with van der Waals surface area (Å²) in [5.41, 5.74) is 0.225. The second kappa shape index (κ2) is 12.2. The minimum Gasteiger partial charge on any atom is -0.468 e. The number of nitro benzene ring substituents is 1. The summed E-state index contributed by atoms with van der Waals surface area (Å²) < 4.78 is 15.3. The Labute approximate surface area is 200 Å². The number of hydrogen-bond donors (Lipinski definition) is 2. The highest BCUT2D eigenvalue weighted by atomic mass is 32.2. The van der Waals surface area contributed by atoms with Gasteiger partial charge in [0.2, 0.25) is 0 Å². The maximum Gasteiger partial charge on any atom is 0.336 e.